The molecule has 0 aliphatic heterocycles. The van der Waals surface area contributed by atoms with Crippen LogP contribution >= 0.6 is 0 Å². The molecule has 0 N–H and O–H groups in total. The summed E-state index contributed by atoms with van der Waals surface area (Å²) in [4.78, 5) is 38.1. The number of hydrogen-bond donors (Lipinski definition) is 0. The van der Waals surface area contributed by atoms with Gasteiger partial charge in [0, 0.05) is 19.3 Å². The van der Waals surface area contributed by atoms with Gasteiger partial charge in [-0.25, -0.2) is 0 Å². The smallest absolute Gasteiger partial charge is 0.306 e. The SMILES string of the molecule is CC/C=C\C/C=C\C/C=C\C/C=C\C/C=C\C/C=C\C/C=C\C/C=C\C/C=C\CCCC(=O)OCC(COC(=O)CCCCCCCCCC)OC(=O)CCCCCCCCCCCCCCCCCCCCCCCCC. The van der Waals surface area contributed by atoms with Crippen molar-refractivity contribution in [1.29, 1.82) is 0 Å². The van der Waals surface area contributed by atoms with E-state index in [2.05, 4.69) is 130 Å². The first kappa shape index (κ1) is 74.1. The number of carbonyl (C=O) groups excluding carboxylic acids is 3. The van der Waals surface area contributed by atoms with Crippen LogP contribution in [0.15, 0.2) is 109 Å². The lowest BCUT2D eigenvalue weighted by molar-refractivity contribution is -0.167. The highest BCUT2D eigenvalue weighted by Gasteiger charge is 2.19. The number of carbonyl (C=O) groups is 3. The van der Waals surface area contributed by atoms with Crippen LogP contribution in [0.1, 0.15) is 310 Å². The molecule has 0 radical (unpaired) electrons. The van der Waals surface area contributed by atoms with Gasteiger partial charge in [0.05, 0.1) is 0 Å². The fraction of sp³-hybridized carbons (Fsp3) is 0.708. The maximum absolute atomic E-state index is 12.9. The van der Waals surface area contributed by atoms with Crippen molar-refractivity contribution in [2.45, 2.75) is 316 Å². The summed E-state index contributed by atoms with van der Waals surface area (Å²) >= 11 is 0. The lowest BCUT2D eigenvalue weighted by Gasteiger charge is -2.18. The Hall–Kier alpha value is -3.93. The molecule has 78 heavy (non-hydrogen) atoms. The molecule has 0 saturated carbocycles. The topological polar surface area (TPSA) is 78.9 Å². The first-order valence-corrected chi connectivity index (χ1v) is 32.9. The van der Waals surface area contributed by atoms with Crippen LogP contribution in [0, 0.1) is 0 Å². The summed E-state index contributed by atoms with van der Waals surface area (Å²) in [5.41, 5.74) is 0. The number of allylic oxidation sites excluding steroid dienone is 18. The number of rotatable bonds is 59. The van der Waals surface area contributed by atoms with E-state index in [1.54, 1.807) is 0 Å². The molecule has 0 bridgehead atoms. The third-order valence-corrected chi connectivity index (χ3v) is 14.0. The number of esters is 3. The average Bonchev–Trinajstić information content (AvgIpc) is 3.44. The zero-order valence-corrected chi connectivity index (χ0v) is 51.2. The van der Waals surface area contributed by atoms with Gasteiger partial charge in [0.25, 0.3) is 0 Å². The van der Waals surface area contributed by atoms with Gasteiger partial charge < -0.3 is 14.2 Å². The van der Waals surface area contributed by atoms with Crippen molar-refractivity contribution in [1.82, 2.24) is 0 Å². The Labute approximate surface area is 482 Å². The molecular formula is C72H122O6. The fourth-order valence-electron chi connectivity index (χ4n) is 9.15. The van der Waals surface area contributed by atoms with Gasteiger partial charge in [0.1, 0.15) is 13.2 Å². The Bertz CT molecular complexity index is 1570. The van der Waals surface area contributed by atoms with Crippen LogP contribution in [0.4, 0.5) is 0 Å². The van der Waals surface area contributed by atoms with Crippen molar-refractivity contribution >= 4 is 17.9 Å². The molecule has 0 spiro atoms. The quantitative estimate of drug-likeness (QED) is 0.0261. The maximum atomic E-state index is 12.9. The Morgan fingerprint density at radius 2 is 0.500 bits per heavy atom. The summed E-state index contributed by atoms with van der Waals surface area (Å²) in [5, 5.41) is 0. The normalized spacial score (nSPS) is 12.8. The number of ether oxygens (including phenoxy) is 3. The van der Waals surface area contributed by atoms with Gasteiger partial charge in [-0.05, 0) is 83.5 Å². The van der Waals surface area contributed by atoms with E-state index in [1.807, 2.05) is 0 Å². The summed E-state index contributed by atoms with van der Waals surface area (Å²) in [5.74, 6) is -0.951. The van der Waals surface area contributed by atoms with Crippen LogP contribution < -0.4 is 0 Å². The van der Waals surface area contributed by atoms with Gasteiger partial charge in [-0.2, -0.15) is 0 Å². The van der Waals surface area contributed by atoms with E-state index in [0.29, 0.717) is 19.3 Å². The number of unbranched alkanes of at least 4 members (excludes halogenated alkanes) is 30. The molecule has 0 aromatic heterocycles. The van der Waals surface area contributed by atoms with Crippen LogP contribution in [0.25, 0.3) is 0 Å². The van der Waals surface area contributed by atoms with E-state index >= 15 is 0 Å². The van der Waals surface area contributed by atoms with E-state index in [9.17, 15) is 14.4 Å². The highest BCUT2D eigenvalue weighted by Crippen LogP contribution is 2.17. The molecule has 0 rings (SSSR count). The highest BCUT2D eigenvalue weighted by atomic mass is 16.6. The van der Waals surface area contributed by atoms with E-state index < -0.39 is 6.10 Å². The van der Waals surface area contributed by atoms with E-state index in [-0.39, 0.29) is 37.5 Å². The summed E-state index contributed by atoms with van der Waals surface area (Å²) < 4.78 is 16.8. The van der Waals surface area contributed by atoms with Crippen LogP contribution in [0.2, 0.25) is 0 Å². The lowest BCUT2D eigenvalue weighted by atomic mass is 10.0. The van der Waals surface area contributed by atoms with Crippen molar-refractivity contribution < 1.29 is 28.6 Å². The predicted octanol–water partition coefficient (Wildman–Crippen LogP) is 22.6. The molecule has 0 aliphatic carbocycles. The van der Waals surface area contributed by atoms with Gasteiger partial charge in [-0.1, -0.05) is 316 Å². The Morgan fingerprint density at radius 3 is 0.782 bits per heavy atom. The molecular weight excluding hydrogens is 961 g/mol. The second kappa shape index (κ2) is 65.6. The Kier molecular flexibility index (Phi) is 62.3. The van der Waals surface area contributed by atoms with E-state index in [4.69, 9.17) is 14.2 Å². The number of hydrogen-bond acceptors (Lipinski definition) is 6. The van der Waals surface area contributed by atoms with Crippen molar-refractivity contribution in [2.75, 3.05) is 13.2 Å². The fourth-order valence-corrected chi connectivity index (χ4v) is 9.15. The molecule has 0 aliphatic rings. The molecule has 1 unspecified atom stereocenters. The third-order valence-electron chi connectivity index (χ3n) is 14.0. The predicted molar refractivity (Wildman–Crippen MR) is 339 cm³/mol. The van der Waals surface area contributed by atoms with Crippen LogP contribution in [0.3, 0.4) is 0 Å². The van der Waals surface area contributed by atoms with Crippen molar-refractivity contribution in [2.24, 2.45) is 0 Å². The average molecular weight is 1080 g/mol. The molecule has 0 aromatic rings. The summed E-state index contributed by atoms with van der Waals surface area (Å²) in [6.07, 6.45) is 89.9. The molecule has 6 heteroatoms. The zero-order valence-electron chi connectivity index (χ0n) is 51.2. The van der Waals surface area contributed by atoms with Crippen LogP contribution in [0.5, 0.6) is 0 Å². The van der Waals surface area contributed by atoms with Crippen molar-refractivity contribution in [3.63, 3.8) is 0 Å². The highest BCUT2D eigenvalue weighted by molar-refractivity contribution is 5.71. The van der Waals surface area contributed by atoms with Crippen molar-refractivity contribution in [3.8, 4) is 0 Å². The molecule has 0 heterocycles. The van der Waals surface area contributed by atoms with Gasteiger partial charge in [-0.15, -0.1) is 0 Å². The minimum atomic E-state index is -0.799. The molecule has 446 valence electrons. The monoisotopic (exact) mass is 1080 g/mol. The second-order valence-corrected chi connectivity index (χ2v) is 21.7. The molecule has 0 fully saturated rings. The van der Waals surface area contributed by atoms with Gasteiger partial charge in [0.2, 0.25) is 0 Å². The van der Waals surface area contributed by atoms with Crippen LogP contribution in [-0.4, -0.2) is 37.2 Å². The van der Waals surface area contributed by atoms with Gasteiger partial charge in [0.15, 0.2) is 6.10 Å². The minimum absolute atomic E-state index is 0.0935. The van der Waals surface area contributed by atoms with Gasteiger partial charge >= 0.3 is 17.9 Å². The maximum Gasteiger partial charge on any atom is 0.306 e. The standard InChI is InChI=1S/C72H122O6/c1-4-7-10-13-16-19-21-23-25-27-29-31-33-34-35-36-37-38-40-41-43-45-47-49-51-53-56-59-62-65-71(74)77-68-69(67-76-70(73)64-61-58-55-18-15-12-9-6-3)78-72(75)66-63-60-57-54-52-50-48-46-44-42-39-32-30-28-26-24-22-20-17-14-11-8-5-2/h7,10,16,19,23,25,29,31,34-35,37-38,41,43,47,49,53,56,69H,4-6,8-9,11-15,17-18,20-22,24,26-28,30,32-33,36,39-40,42,44-46,48,50-52,54-55,57-68H2,1-3H3/b10-7-,19-16-,25-23-,31-29-,35-34-,38-37-,43-41-,49-47-,56-53-. The Balaban J connectivity index is 4.27. The largest absolute Gasteiger partial charge is 0.462 e. The molecule has 0 saturated heterocycles. The third kappa shape index (κ3) is 62.9. The molecule has 0 amide bonds. The first-order chi connectivity index (χ1) is 38.5. The summed E-state index contributed by atoms with van der Waals surface area (Å²) in [6, 6.07) is 0. The Morgan fingerprint density at radius 1 is 0.269 bits per heavy atom. The molecule has 0 aromatic carbocycles. The van der Waals surface area contributed by atoms with Crippen molar-refractivity contribution in [3.05, 3.63) is 109 Å². The van der Waals surface area contributed by atoms with E-state index in [0.717, 1.165) is 103 Å². The van der Waals surface area contributed by atoms with Gasteiger partial charge in [-0.3, -0.25) is 14.4 Å². The van der Waals surface area contributed by atoms with E-state index in [1.165, 1.54) is 161 Å². The first-order valence-electron chi connectivity index (χ1n) is 32.9. The molecule has 6 nitrogen and oxygen atoms in total. The summed E-state index contributed by atoms with van der Waals surface area (Å²) in [7, 11) is 0. The second-order valence-electron chi connectivity index (χ2n) is 21.7. The molecule has 1 atom stereocenters. The summed E-state index contributed by atoms with van der Waals surface area (Å²) in [6.45, 7) is 6.48. The zero-order chi connectivity index (χ0) is 56.4. The minimum Gasteiger partial charge on any atom is -0.462 e. The lowest BCUT2D eigenvalue weighted by Crippen LogP contribution is -2.30. The van der Waals surface area contributed by atoms with Crippen LogP contribution in [-0.2, 0) is 28.6 Å².